The van der Waals surface area contributed by atoms with Crippen LogP contribution in [0.4, 0.5) is 4.39 Å². The zero-order chi connectivity index (χ0) is 12.1. The lowest BCUT2D eigenvalue weighted by Crippen LogP contribution is -2.18. The van der Waals surface area contributed by atoms with E-state index in [1.807, 2.05) is 0 Å². The fourth-order valence-electron chi connectivity index (χ4n) is 2.06. The van der Waals surface area contributed by atoms with Gasteiger partial charge in [0, 0.05) is 24.8 Å². The number of rotatable bonds is 5. The van der Waals surface area contributed by atoms with Crippen molar-refractivity contribution in [1.82, 2.24) is 5.32 Å². The van der Waals surface area contributed by atoms with Crippen molar-refractivity contribution in [3.8, 4) is 0 Å². The zero-order valence-corrected chi connectivity index (χ0v) is 10.5. The van der Waals surface area contributed by atoms with Crippen LogP contribution in [0.15, 0.2) is 18.2 Å². The third kappa shape index (κ3) is 4.26. The highest BCUT2D eigenvalue weighted by Crippen LogP contribution is 2.16. The van der Waals surface area contributed by atoms with Gasteiger partial charge in [-0.15, -0.1) is 0 Å². The molecule has 0 aliphatic carbocycles. The lowest BCUT2D eigenvalue weighted by atomic mass is 10.1. The summed E-state index contributed by atoms with van der Waals surface area (Å²) in [4.78, 5) is 0. The highest BCUT2D eigenvalue weighted by Gasteiger charge is 2.14. The van der Waals surface area contributed by atoms with Crippen molar-refractivity contribution in [2.75, 3.05) is 19.8 Å². The van der Waals surface area contributed by atoms with Crippen LogP contribution in [0.5, 0.6) is 0 Å². The van der Waals surface area contributed by atoms with Crippen molar-refractivity contribution in [3.63, 3.8) is 0 Å². The Morgan fingerprint density at radius 2 is 2.29 bits per heavy atom. The van der Waals surface area contributed by atoms with Crippen molar-refractivity contribution in [2.24, 2.45) is 5.92 Å². The maximum absolute atomic E-state index is 13.1. The molecule has 1 saturated heterocycles. The molecule has 1 aromatic rings. The van der Waals surface area contributed by atoms with Gasteiger partial charge in [0.25, 0.3) is 0 Å². The summed E-state index contributed by atoms with van der Waals surface area (Å²) in [5.41, 5.74) is 0.887. The van der Waals surface area contributed by atoms with E-state index < -0.39 is 0 Å². The van der Waals surface area contributed by atoms with Crippen molar-refractivity contribution >= 4 is 11.6 Å². The first-order valence-corrected chi connectivity index (χ1v) is 6.35. The van der Waals surface area contributed by atoms with Gasteiger partial charge in [0.15, 0.2) is 0 Å². The predicted molar refractivity (Wildman–Crippen MR) is 66.7 cm³/mol. The molecule has 1 heterocycles. The molecule has 1 aliphatic rings. The number of hydrogen-bond acceptors (Lipinski definition) is 2. The molecular weight excluding hydrogens is 241 g/mol. The second-order valence-electron chi connectivity index (χ2n) is 4.47. The van der Waals surface area contributed by atoms with Crippen LogP contribution in [0.25, 0.3) is 0 Å². The summed E-state index contributed by atoms with van der Waals surface area (Å²) in [5, 5.41) is 3.75. The quantitative estimate of drug-likeness (QED) is 0.819. The first kappa shape index (κ1) is 12.8. The van der Waals surface area contributed by atoms with Gasteiger partial charge in [0.2, 0.25) is 0 Å². The normalized spacial score (nSPS) is 19.8. The molecule has 1 N–H and O–H groups in total. The van der Waals surface area contributed by atoms with Crippen molar-refractivity contribution < 1.29 is 9.13 Å². The summed E-state index contributed by atoms with van der Waals surface area (Å²) in [5.74, 6) is 0.400. The van der Waals surface area contributed by atoms with E-state index in [1.165, 1.54) is 12.1 Å². The second-order valence-corrected chi connectivity index (χ2v) is 4.91. The summed E-state index contributed by atoms with van der Waals surface area (Å²) in [6, 6.07) is 4.62. The summed E-state index contributed by atoms with van der Waals surface area (Å²) >= 11 is 5.78. The molecule has 1 fully saturated rings. The molecule has 1 aliphatic heterocycles. The Hall–Kier alpha value is -0.640. The fourth-order valence-corrected chi connectivity index (χ4v) is 2.31. The number of benzene rings is 1. The highest BCUT2D eigenvalue weighted by atomic mass is 35.5. The minimum atomic E-state index is -0.279. The van der Waals surface area contributed by atoms with E-state index in [4.69, 9.17) is 16.3 Å². The minimum Gasteiger partial charge on any atom is -0.381 e. The molecule has 0 aromatic heterocycles. The lowest BCUT2D eigenvalue weighted by Gasteiger charge is -2.09. The molecule has 1 aromatic carbocycles. The topological polar surface area (TPSA) is 21.3 Å². The standard InChI is InChI=1S/C13H17ClFNO/c14-12-5-11(6-13(15)7-12)8-16-3-1-10-2-4-17-9-10/h5-7,10,16H,1-4,8-9H2. The highest BCUT2D eigenvalue weighted by molar-refractivity contribution is 6.30. The Morgan fingerprint density at radius 3 is 3.00 bits per heavy atom. The maximum Gasteiger partial charge on any atom is 0.125 e. The van der Waals surface area contributed by atoms with Gasteiger partial charge in [-0.2, -0.15) is 0 Å². The van der Waals surface area contributed by atoms with Crippen LogP contribution in [-0.4, -0.2) is 19.8 Å². The molecule has 0 spiro atoms. The average Bonchev–Trinajstić information content (AvgIpc) is 2.76. The van der Waals surface area contributed by atoms with Gasteiger partial charge in [-0.25, -0.2) is 4.39 Å². The van der Waals surface area contributed by atoms with Gasteiger partial charge in [0.1, 0.15) is 5.82 Å². The minimum absolute atomic E-state index is 0.279. The Bertz CT molecular complexity index is 346. The molecule has 4 heteroatoms. The molecule has 0 amide bonds. The Labute approximate surface area is 106 Å². The SMILES string of the molecule is Fc1cc(Cl)cc(CNCCC2CCOC2)c1. The van der Waals surface area contributed by atoms with Gasteiger partial charge < -0.3 is 10.1 Å². The summed E-state index contributed by atoms with van der Waals surface area (Å²) < 4.78 is 18.4. The largest absolute Gasteiger partial charge is 0.381 e. The first-order chi connectivity index (χ1) is 8.24. The van der Waals surface area contributed by atoms with E-state index >= 15 is 0 Å². The molecule has 0 saturated carbocycles. The Kier molecular flexibility index (Phi) is 4.77. The van der Waals surface area contributed by atoms with Crippen molar-refractivity contribution in [1.29, 1.82) is 0 Å². The molecule has 2 rings (SSSR count). The Balaban J connectivity index is 1.70. The molecule has 94 valence electrons. The van der Waals surface area contributed by atoms with Gasteiger partial charge in [0.05, 0.1) is 0 Å². The third-order valence-corrected chi connectivity index (χ3v) is 3.22. The van der Waals surface area contributed by atoms with E-state index in [9.17, 15) is 4.39 Å². The maximum atomic E-state index is 13.1. The van der Waals surface area contributed by atoms with E-state index in [0.29, 0.717) is 17.5 Å². The summed E-state index contributed by atoms with van der Waals surface area (Å²) in [6.07, 6.45) is 2.27. The number of halogens is 2. The van der Waals surface area contributed by atoms with Crippen LogP contribution in [-0.2, 0) is 11.3 Å². The lowest BCUT2D eigenvalue weighted by molar-refractivity contribution is 0.184. The zero-order valence-electron chi connectivity index (χ0n) is 9.72. The van der Waals surface area contributed by atoms with Crippen LogP contribution in [0.2, 0.25) is 5.02 Å². The molecule has 0 bridgehead atoms. The number of hydrogen-bond donors (Lipinski definition) is 1. The molecule has 1 atom stereocenters. The third-order valence-electron chi connectivity index (χ3n) is 3.00. The molecule has 0 radical (unpaired) electrons. The van der Waals surface area contributed by atoms with Gasteiger partial charge in [-0.1, -0.05) is 11.6 Å². The number of nitrogens with one attached hydrogen (secondary N) is 1. The van der Waals surface area contributed by atoms with Crippen LogP contribution in [0.3, 0.4) is 0 Å². The van der Waals surface area contributed by atoms with Gasteiger partial charge >= 0.3 is 0 Å². The average molecular weight is 258 g/mol. The van der Waals surface area contributed by atoms with E-state index in [2.05, 4.69) is 5.32 Å². The Morgan fingerprint density at radius 1 is 1.41 bits per heavy atom. The van der Waals surface area contributed by atoms with Crippen LogP contribution in [0, 0.1) is 11.7 Å². The molecule has 17 heavy (non-hydrogen) atoms. The first-order valence-electron chi connectivity index (χ1n) is 5.97. The van der Waals surface area contributed by atoms with Crippen molar-refractivity contribution in [3.05, 3.63) is 34.6 Å². The van der Waals surface area contributed by atoms with Crippen LogP contribution in [0.1, 0.15) is 18.4 Å². The molecular formula is C13H17ClFNO. The van der Waals surface area contributed by atoms with Crippen molar-refractivity contribution in [2.45, 2.75) is 19.4 Å². The van der Waals surface area contributed by atoms with Gasteiger partial charge in [-0.05, 0) is 49.1 Å². The second kappa shape index (κ2) is 6.34. The monoisotopic (exact) mass is 257 g/mol. The van der Waals surface area contributed by atoms with Crippen LogP contribution < -0.4 is 5.32 Å². The molecule has 2 nitrogen and oxygen atoms in total. The fraction of sp³-hybridized carbons (Fsp3) is 0.538. The molecule has 1 unspecified atom stereocenters. The van der Waals surface area contributed by atoms with Crippen LogP contribution >= 0.6 is 11.6 Å². The van der Waals surface area contributed by atoms with E-state index in [0.717, 1.165) is 38.2 Å². The smallest absolute Gasteiger partial charge is 0.125 e. The van der Waals surface area contributed by atoms with Gasteiger partial charge in [-0.3, -0.25) is 0 Å². The summed E-state index contributed by atoms with van der Waals surface area (Å²) in [6.45, 7) is 3.37. The summed E-state index contributed by atoms with van der Waals surface area (Å²) in [7, 11) is 0. The number of ether oxygens (including phenoxy) is 1. The van der Waals surface area contributed by atoms with E-state index in [-0.39, 0.29) is 5.82 Å². The van der Waals surface area contributed by atoms with E-state index in [1.54, 1.807) is 6.07 Å². The predicted octanol–water partition coefficient (Wildman–Crippen LogP) is 3.00.